The lowest BCUT2D eigenvalue weighted by Gasteiger charge is -2.19. The number of benzene rings is 1. The molecule has 0 amide bonds. The summed E-state index contributed by atoms with van der Waals surface area (Å²) in [5, 5.41) is 0. The second-order valence-corrected chi connectivity index (χ2v) is 5.64. The number of fused-ring (bicyclic) bond motifs is 1. The van der Waals surface area contributed by atoms with Crippen molar-refractivity contribution in [2.75, 3.05) is 0 Å². The van der Waals surface area contributed by atoms with Crippen LogP contribution in [0.25, 0.3) is 6.08 Å². The van der Waals surface area contributed by atoms with Crippen LogP contribution in [0.15, 0.2) is 17.7 Å². The fraction of sp³-hybridized carbons (Fsp3) is 0.529. The molecule has 5 heteroatoms. The first-order chi connectivity index (χ1) is 10.4. The van der Waals surface area contributed by atoms with E-state index in [-0.39, 0.29) is 0 Å². The minimum absolute atomic E-state index is 0.628. The summed E-state index contributed by atoms with van der Waals surface area (Å²) in [6, 6.07) is 2.31. The van der Waals surface area contributed by atoms with Gasteiger partial charge in [-0.05, 0) is 48.9 Å². The summed E-state index contributed by atoms with van der Waals surface area (Å²) in [4.78, 5) is 0. The highest BCUT2D eigenvalue weighted by Crippen LogP contribution is 2.33. The molecule has 0 saturated heterocycles. The number of ether oxygens (including phenoxy) is 1. The molecular weight excluding hydrogens is 296 g/mol. The molecule has 1 aromatic rings. The number of hydrogen-bond acceptors (Lipinski definition) is 1. The first-order valence-corrected chi connectivity index (χ1v) is 7.66. The highest BCUT2D eigenvalue weighted by Gasteiger charge is 2.32. The zero-order chi connectivity index (χ0) is 16.2. The van der Waals surface area contributed by atoms with Gasteiger partial charge in [-0.3, -0.25) is 0 Å². The van der Waals surface area contributed by atoms with Crippen molar-refractivity contribution < 1.29 is 22.3 Å². The topological polar surface area (TPSA) is 9.23 Å². The van der Waals surface area contributed by atoms with E-state index in [0.29, 0.717) is 17.5 Å². The summed E-state index contributed by atoms with van der Waals surface area (Å²) in [7, 11) is 0. The second kappa shape index (κ2) is 7.16. The van der Waals surface area contributed by atoms with Gasteiger partial charge in [0.2, 0.25) is 0 Å². The van der Waals surface area contributed by atoms with Gasteiger partial charge in [-0.1, -0.05) is 37.8 Å². The Bertz CT molecular complexity index is 546. The van der Waals surface area contributed by atoms with Crippen LogP contribution in [-0.2, 0) is 6.42 Å². The Kier molecular flexibility index (Phi) is 5.48. The Hall–Kier alpha value is -1.52. The third kappa shape index (κ3) is 4.75. The van der Waals surface area contributed by atoms with Crippen molar-refractivity contribution in [3.63, 3.8) is 0 Å². The van der Waals surface area contributed by atoms with E-state index < -0.39 is 17.9 Å². The molecule has 0 fully saturated rings. The molecule has 0 spiro atoms. The molecule has 1 aliphatic rings. The minimum atomic E-state index is -4.87. The van der Waals surface area contributed by atoms with Crippen LogP contribution in [0.2, 0.25) is 0 Å². The lowest BCUT2D eigenvalue weighted by molar-refractivity contribution is -0.275. The summed E-state index contributed by atoms with van der Waals surface area (Å²) in [6.45, 7) is 2.15. The normalized spacial score (nSPS) is 14.5. The molecule has 2 rings (SSSR count). The van der Waals surface area contributed by atoms with Crippen molar-refractivity contribution >= 4 is 6.08 Å². The molecular formula is C17H20F4O. The SMILES string of the molecule is CCCCCCC1=Cc2cc(F)c(OC(F)(F)F)cc2CC1. The number of halogens is 4. The first kappa shape index (κ1) is 16.8. The van der Waals surface area contributed by atoms with Crippen LogP contribution in [0.3, 0.4) is 0 Å². The molecule has 22 heavy (non-hydrogen) atoms. The van der Waals surface area contributed by atoms with Crippen LogP contribution in [0, 0.1) is 5.82 Å². The number of hydrogen-bond donors (Lipinski definition) is 0. The molecule has 0 aromatic heterocycles. The van der Waals surface area contributed by atoms with E-state index in [4.69, 9.17) is 0 Å². The molecule has 0 radical (unpaired) electrons. The van der Waals surface area contributed by atoms with E-state index in [1.807, 2.05) is 6.08 Å². The molecule has 0 atom stereocenters. The van der Waals surface area contributed by atoms with Gasteiger partial charge in [0, 0.05) is 0 Å². The molecule has 1 aromatic carbocycles. The Labute approximate surface area is 128 Å². The fourth-order valence-electron chi connectivity index (χ4n) is 2.73. The van der Waals surface area contributed by atoms with Crippen LogP contribution in [0.4, 0.5) is 17.6 Å². The van der Waals surface area contributed by atoms with E-state index in [0.717, 1.165) is 25.3 Å². The van der Waals surface area contributed by atoms with Crippen LogP contribution in [0.5, 0.6) is 5.75 Å². The van der Waals surface area contributed by atoms with E-state index in [1.165, 1.54) is 30.9 Å². The van der Waals surface area contributed by atoms with Crippen LogP contribution >= 0.6 is 0 Å². The van der Waals surface area contributed by atoms with Gasteiger partial charge < -0.3 is 4.74 Å². The van der Waals surface area contributed by atoms with Crippen LogP contribution in [0.1, 0.15) is 56.6 Å². The molecule has 0 aliphatic heterocycles. The van der Waals surface area contributed by atoms with Crippen molar-refractivity contribution in [3.05, 3.63) is 34.6 Å². The van der Waals surface area contributed by atoms with Gasteiger partial charge >= 0.3 is 6.36 Å². The summed E-state index contributed by atoms with van der Waals surface area (Å²) < 4.78 is 54.1. The predicted molar refractivity (Wildman–Crippen MR) is 78.1 cm³/mol. The lowest BCUT2D eigenvalue weighted by atomic mass is 9.89. The summed E-state index contributed by atoms with van der Waals surface area (Å²) >= 11 is 0. The highest BCUT2D eigenvalue weighted by atomic mass is 19.4. The molecule has 1 aliphatic carbocycles. The zero-order valence-corrected chi connectivity index (χ0v) is 12.6. The Morgan fingerprint density at radius 3 is 2.55 bits per heavy atom. The van der Waals surface area contributed by atoms with Gasteiger partial charge in [0.25, 0.3) is 0 Å². The average Bonchev–Trinajstić information content (AvgIpc) is 2.43. The standard InChI is InChI=1S/C17H20F4O/c1-2-3-4-5-6-12-7-8-13-11-16(22-17(19,20)21)15(18)10-14(13)9-12/h9-11H,2-8H2,1H3. The van der Waals surface area contributed by atoms with E-state index in [2.05, 4.69) is 11.7 Å². The van der Waals surface area contributed by atoms with Gasteiger partial charge in [-0.25, -0.2) is 4.39 Å². The smallest absolute Gasteiger partial charge is 0.403 e. The predicted octanol–water partition coefficient (Wildman–Crippen LogP) is 6.02. The lowest BCUT2D eigenvalue weighted by Crippen LogP contribution is -2.18. The number of aryl methyl sites for hydroxylation is 1. The van der Waals surface area contributed by atoms with Crippen LogP contribution < -0.4 is 4.74 Å². The van der Waals surface area contributed by atoms with Crippen molar-refractivity contribution in [1.82, 2.24) is 0 Å². The number of allylic oxidation sites excluding steroid dienone is 1. The third-order valence-electron chi connectivity index (χ3n) is 3.85. The highest BCUT2D eigenvalue weighted by molar-refractivity contribution is 5.61. The number of alkyl halides is 3. The second-order valence-electron chi connectivity index (χ2n) is 5.64. The van der Waals surface area contributed by atoms with Crippen LogP contribution in [-0.4, -0.2) is 6.36 Å². The Balaban J connectivity index is 2.09. The van der Waals surface area contributed by atoms with E-state index in [1.54, 1.807) is 0 Å². The zero-order valence-electron chi connectivity index (χ0n) is 12.6. The third-order valence-corrected chi connectivity index (χ3v) is 3.85. The molecule has 0 unspecified atom stereocenters. The van der Waals surface area contributed by atoms with E-state index >= 15 is 0 Å². The van der Waals surface area contributed by atoms with Gasteiger partial charge in [-0.2, -0.15) is 0 Å². The summed E-state index contributed by atoms with van der Waals surface area (Å²) in [6.07, 6.45) is 4.11. The number of unbranched alkanes of at least 4 members (excludes halogenated alkanes) is 3. The number of rotatable bonds is 6. The molecule has 0 saturated carbocycles. The monoisotopic (exact) mass is 316 g/mol. The summed E-state index contributed by atoms with van der Waals surface area (Å²) in [5.74, 6) is -1.72. The minimum Gasteiger partial charge on any atom is -0.403 e. The largest absolute Gasteiger partial charge is 0.573 e. The van der Waals surface area contributed by atoms with Gasteiger partial charge in [0.05, 0.1) is 0 Å². The first-order valence-electron chi connectivity index (χ1n) is 7.66. The van der Waals surface area contributed by atoms with Crippen molar-refractivity contribution in [2.45, 2.75) is 58.2 Å². The fourth-order valence-corrected chi connectivity index (χ4v) is 2.73. The van der Waals surface area contributed by atoms with Crippen molar-refractivity contribution in [1.29, 1.82) is 0 Å². The maximum Gasteiger partial charge on any atom is 0.573 e. The Morgan fingerprint density at radius 1 is 1.09 bits per heavy atom. The van der Waals surface area contributed by atoms with Gasteiger partial charge in [0.1, 0.15) is 0 Å². The van der Waals surface area contributed by atoms with Crippen molar-refractivity contribution in [2.24, 2.45) is 0 Å². The van der Waals surface area contributed by atoms with Crippen molar-refractivity contribution in [3.8, 4) is 5.75 Å². The van der Waals surface area contributed by atoms with Gasteiger partial charge in [0.15, 0.2) is 11.6 Å². The Morgan fingerprint density at radius 2 is 1.86 bits per heavy atom. The summed E-state index contributed by atoms with van der Waals surface area (Å²) in [5.41, 5.74) is 2.62. The molecule has 122 valence electrons. The van der Waals surface area contributed by atoms with E-state index in [9.17, 15) is 17.6 Å². The molecule has 0 N–H and O–H groups in total. The maximum absolute atomic E-state index is 13.7. The average molecular weight is 316 g/mol. The molecule has 1 nitrogen and oxygen atoms in total. The van der Waals surface area contributed by atoms with Gasteiger partial charge in [-0.15, -0.1) is 13.2 Å². The quantitative estimate of drug-likeness (QED) is 0.460. The molecule has 0 heterocycles. The molecule has 0 bridgehead atoms. The maximum atomic E-state index is 13.7.